The van der Waals surface area contributed by atoms with Gasteiger partial charge >= 0.3 is 8.80 Å². The first-order valence-electron chi connectivity index (χ1n) is 8.43. The van der Waals surface area contributed by atoms with Gasteiger partial charge < -0.3 is 13.3 Å². The molecule has 122 valence electrons. The van der Waals surface area contributed by atoms with E-state index in [1.165, 1.54) is 0 Å². The van der Waals surface area contributed by atoms with Gasteiger partial charge in [-0.1, -0.05) is 54.4 Å². The average molecular weight is 305 g/mol. The van der Waals surface area contributed by atoms with E-state index in [0.717, 1.165) is 58.0 Å². The third kappa shape index (κ3) is 7.20. The van der Waals surface area contributed by atoms with Gasteiger partial charge in [0.1, 0.15) is 0 Å². The molecular formula is C16H36O3Si. The van der Waals surface area contributed by atoms with Gasteiger partial charge in [0.25, 0.3) is 0 Å². The van der Waals surface area contributed by atoms with Crippen LogP contribution in [-0.4, -0.2) is 28.6 Å². The molecule has 0 rings (SSSR count). The highest BCUT2D eigenvalue weighted by molar-refractivity contribution is 6.60. The lowest BCUT2D eigenvalue weighted by molar-refractivity contribution is 0.0478. The van der Waals surface area contributed by atoms with Crippen LogP contribution in [0.5, 0.6) is 0 Å². The molecule has 0 saturated heterocycles. The molecule has 0 aromatic rings. The Morgan fingerprint density at radius 2 is 1.05 bits per heavy atom. The summed E-state index contributed by atoms with van der Waals surface area (Å²) in [5.74, 6) is 0. The Bertz CT molecular complexity index is 208. The zero-order valence-electron chi connectivity index (χ0n) is 14.6. The van der Waals surface area contributed by atoms with E-state index < -0.39 is 8.80 Å². The fourth-order valence-electron chi connectivity index (χ4n) is 2.07. The summed E-state index contributed by atoms with van der Waals surface area (Å²) >= 11 is 0. The Hall–Kier alpha value is 0.0969. The Morgan fingerprint density at radius 1 is 0.700 bits per heavy atom. The van der Waals surface area contributed by atoms with Crippen molar-refractivity contribution in [2.24, 2.45) is 5.41 Å². The predicted molar refractivity (Wildman–Crippen MR) is 88.0 cm³/mol. The van der Waals surface area contributed by atoms with Gasteiger partial charge in [-0.3, -0.25) is 0 Å². The van der Waals surface area contributed by atoms with Crippen LogP contribution < -0.4 is 0 Å². The molecule has 0 aromatic carbocycles. The van der Waals surface area contributed by atoms with E-state index in [0.29, 0.717) is 0 Å². The van der Waals surface area contributed by atoms with E-state index in [9.17, 15) is 0 Å². The summed E-state index contributed by atoms with van der Waals surface area (Å²) in [5.41, 5.74) is 0.251. The molecule has 0 radical (unpaired) electrons. The second-order valence-corrected chi connectivity index (χ2v) is 8.51. The van der Waals surface area contributed by atoms with Crippen molar-refractivity contribution in [2.75, 3.05) is 19.8 Å². The number of rotatable bonds is 13. The molecule has 0 aromatic heterocycles. The molecule has 0 aliphatic carbocycles. The molecule has 4 heteroatoms. The monoisotopic (exact) mass is 304 g/mol. The normalized spacial score (nSPS) is 12.9. The van der Waals surface area contributed by atoms with Gasteiger partial charge in [0, 0.05) is 25.9 Å². The summed E-state index contributed by atoms with van der Waals surface area (Å²) in [6.07, 6.45) is 5.30. The molecule has 0 amide bonds. The van der Waals surface area contributed by atoms with Crippen molar-refractivity contribution >= 4 is 8.80 Å². The van der Waals surface area contributed by atoms with Crippen LogP contribution >= 0.6 is 0 Å². The van der Waals surface area contributed by atoms with E-state index in [-0.39, 0.29) is 5.41 Å². The lowest BCUT2D eigenvalue weighted by Gasteiger charge is -2.37. The standard InChI is InChI=1S/C16H36O3Si/c1-7-12-17-20(18-13-8-2,19-14-9-3)15-16(6,10-4)11-5/h7-15H2,1-6H3. The smallest absolute Gasteiger partial charge is 0.373 e. The number of hydrogen-bond acceptors (Lipinski definition) is 3. The van der Waals surface area contributed by atoms with Crippen molar-refractivity contribution in [1.82, 2.24) is 0 Å². The first-order valence-corrected chi connectivity index (χ1v) is 10.4. The number of hydrogen-bond donors (Lipinski definition) is 0. The highest BCUT2D eigenvalue weighted by Gasteiger charge is 2.46. The molecule has 0 unspecified atom stereocenters. The zero-order valence-corrected chi connectivity index (χ0v) is 15.6. The molecule has 0 aliphatic rings. The van der Waals surface area contributed by atoms with Crippen molar-refractivity contribution < 1.29 is 13.3 Å². The quantitative estimate of drug-likeness (QED) is 0.447. The van der Waals surface area contributed by atoms with Crippen LogP contribution in [0.2, 0.25) is 6.04 Å². The minimum atomic E-state index is -2.54. The van der Waals surface area contributed by atoms with Crippen molar-refractivity contribution in [3.63, 3.8) is 0 Å². The lowest BCUT2D eigenvalue weighted by Crippen LogP contribution is -2.49. The van der Waals surface area contributed by atoms with Crippen LogP contribution in [0.25, 0.3) is 0 Å². The van der Waals surface area contributed by atoms with Crippen molar-refractivity contribution in [1.29, 1.82) is 0 Å². The lowest BCUT2D eigenvalue weighted by atomic mass is 9.87. The van der Waals surface area contributed by atoms with Crippen molar-refractivity contribution in [3.8, 4) is 0 Å². The molecule has 3 nitrogen and oxygen atoms in total. The van der Waals surface area contributed by atoms with Crippen LogP contribution in [0.15, 0.2) is 0 Å². The predicted octanol–water partition coefficient (Wildman–Crippen LogP) is 5.03. The summed E-state index contributed by atoms with van der Waals surface area (Å²) in [6, 6.07) is 0.938. The Morgan fingerprint density at radius 3 is 1.30 bits per heavy atom. The van der Waals surface area contributed by atoms with E-state index in [1.807, 2.05) is 0 Å². The molecule has 0 N–H and O–H groups in total. The first kappa shape index (κ1) is 20.1. The van der Waals surface area contributed by atoms with E-state index >= 15 is 0 Å². The second-order valence-electron chi connectivity index (χ2n) is 5.92. The molecule has 0 atom stereocenters. The van der Waals surface area contributed by atoms with Gasteiger partial charge in [0.15, 0.2) is 0 Å². The minimum absolute atomic E-state index is 0.251. The maximum Gasteiger partial charge on any atom is 0.501 e. The largest absolute Gasteiger partial charge is 0.501 e. The van der Waals surface area contributed by atoms with Gasteiger partial charge in [-0.2, -0.15) is 0 Å². The van der Waals surface area contributed by atoms with E-state index in [4.69, 9.17) is 13.3 Å². The third-order valence-electron chi connectivity index (χ3n) is 3.93. The topological polar surface area (TPSA) is 27.7 Å². The SMILES string of the molecule is CCCO[Si](CC(C)(CC)CC)(OCCC)OCCC. The molecule has 0 fully saturated rings. The van der Waals surface area contributed by atoms with Crippen LogP contribution in [0, 0.1) is 5.41 Å². The average Bonchev–Trinajstić information content (AvgIpc) is 2.48. The third-order valence-corrected chi connectivity index (χ3v) is 7.15. The van der Waals surface area contributed by atoms with Gasteiger partial charge in [-0.25, -0.2) is 0 Å². The van der Waals surface area contributed by atoms with Crippen LogP contribution in [0.1, 0.15) is 73.6 Å². The summed E-state index contributed by atoms with van der Waals surface area (Å²) < 4.78 is 18.5. The second kappa shape index (κ2) is 10.8. The zero-order chi connectivity index (χ0) is 15.5. The highest BCUT2D eigenvalue weighted by Crippen LogP contribution is 2.37. The van der Waals surface area contributed by atoms with Gasteiger partial charge in [-0.05, 0) is 24.7 Å². The highest BCUT2D eigenvalue weighted by atomic mass is 28.4. The Balaban J connectivity index is 5.00. The van der Waals surface area contributed by atoms with Crippen molar-refractivity contribution in [3.05, 3.63) is 0 Å². The maximum absolute atomic E-state index is 6.18. The Labute approximate surface area is 127 Å². The summed E-state index contributed by atoms with van der Waals surface area (Å²) in [5, 5.41) is 0. The van der Waals surface area contributed by atoms with Gasteiger partial charge in [0.05, 0.1) is 0 Å². The van der Waals surface area contributed by atoms with Crippen molar-refractivity contribution in [2.45, 2.75) is 79.7 Å². The molecule has 0 spiro atoms. The first-order chi connectivity index (χ1) is 9.51. The summed E-state index contributed by atoms with van der Waals surface area (Å²) in [7, 11) is -2.54. The van der Waals surface area contributed by atoms with Crippen LogP contribution in [0.3, 0.4) is 0 Å². The van der Waals surface area contributed by atoms with Gasteiger partial charge in [0.2, 0.25) is 0 Å². The molecule has 0 heterocycles. The summed E-state index contributed by atoms with van der Waals surface area (Å²) in [6.45, 7) is 15.5. The summed E-state index contributed by atoms with van der Waals surface area (Å²) in [4.78, 5) is 0. The van der Waals surface area contributed by atoms with Crippen LogP contribution in [-0.2, 0) is 13.3 Å². The minimum Gasteiger partial charge on any atom is -0.373 e. The van der Waals surface area contributed by atoms with E-state index in [2.05, 4.69) is 41.5 Å². The van der Waals surface area contributed by atoms with Gasteiger partial charge in [-0.15, -0.1) is 0 Å². The molecular weight excluding hydrogens is 268 g/mol. The molecule has 0 bridgehead atoms. The van der Waals surface area contributed by atoms with E-state index in [1.54, 1.807) is 0 Å². The van der Waals surface area contributed by atoms with Crippen LogP contribution in [0.4, 0.5) is 0 Å². The fraction of sp³-hybridized carbons (Fsp3) is 1.00. The maximum atomic E-state index is 6.18. The Kier molecular flexibility index (Phi) is 10.8. The molecule has 0 saturated carbocycles. The molecule has 0 aliphatic heterocycles. The fourth-order valence-corrected chi connectivity index (χ4v) is 5.72. The molecule has 20 heavy (non-hydrogen) atoms.